The first-order valence-corrected chi connectivity index (χ1v) is 12.7. The van der Waals surface area contributed by atoms with Crippen LogP contribution in [0.4, 0.5) is 0 Å². The van der Waals surface area contributed by atoms with Crippen molar-refractivity contribution in [3.63, 3.8) is 0 Å². The molecule has 0 bridgehead atoms. The Balaban J connectivity index is 1.09. The fourth-order valence-electron chi connectivity index (χ4n) is 4.13. The summed E-state index contributed by atoms with van der Waals surface area (Å²) in [7, 11) is 0. The van der Waals surface area contributed by atoms with Gasteiger partial charge in [-0.05, 0) is 37.4 Å². The van der Waals surface area contributed by atoms with E-state index in [9.17, 15) is 5.11 Å². The van der Waals surface area contributed by atoms with Gasteiger partial charge < -0.3 is 14.4 Å². The summed E-state index contributed by atoms with van der Waals surface area (Å²) in [6.07, 6.45) is -0.559. The van der Waals surface area contributed by atoms with Crippen molar-refractivity contribution in [1.82, 2.24) is 24.9 Å². The lowest BCUT2D eigenvalue weighted by Crippen LogP contribution is -2.53. The summed E-state index contributed by atoms with van der Waals surface area (Å²) >= 11 is 3.27. The van der Waals surface area contributed by atoms with Gasteiger partial charge >= 0.3 is 0 Å². The van der Waals surface area contributed by atoms with Gasteiger partial charge in [0.25, 0.3) is 0 Å². The van der Waals surface area contributed by atoms with Crippen molar-refractivity contribution >= 4 is 32.9 Å². The Morgan fingerprint density at radius 2 is 2.18 bits per heavy atom. The standard InChI is InChI=1S/C23H27N5O3S2/c1-15-11-27(13-22-25-23(26-31-22)21-4-3-9-32-21)7-8-28(15)12-17(29)14-30-18-5-6-20-19(10-18)24-16(2)33-20/h3-6,9-10,15,17,29H,7-8,11-14H2,1-2H3/t15-,17+/m0/s1. The van der Waals surface area contributed by atoms with Crippen molar-refractivity contribution < 1.29 is 14.4 Å². The molecule has 1 saturated heterocycles. The summed E-state index contributed by atoms with van der Waals surface area (Å²) in [5.74, 6) is 2.03. The molecule has 2 atom stereocenters. The van der Waals surface area contributed by atoms with Gasteiger partial charge in [0.2, 0.25) is 11.7 Å². The SMILES string of the molecule is Cc1nc2cc(OC[C@H](O)CN3CCN(Cc4nc(-c5cccs5)no4)C[C@@H]3C)ccc2s1. The first-order chi connectivity index (χ1) is 16.0. The van der Waals surface area contributed by atoms with Crippen LogP contribution in [0.1, 0.15) is 17.8 Å². The monoisotopic (exact) mass is 485 g/mol. The van der Waals surface area contributed by atoms with E-state index in [2.05, 4.69) is 31.8 Å². The summed E-state index contributed by atoms with van der Waals surface area (Å²) in [6, 6.07) is 10.2. The molecule has 1 fully saturated rings. The number of piperazine rings is 1. The number of aliphatic hydroxyl groups is 1. The van der Waals surface area contributed by atoms with Crippen molar-refractivity contribution in [2.24, 2.45) is 0 Å². The molecule has 33 heavy (non-hydrogen) atoms. The lowest BCUT2D eigenvalue weighted by molar-refractivity contribution is 0.0174. The normalized spacial score (nSPS) is 18.7. The molecule has 4 aromatic rings. The molecule has 1 N–H and O–H groups in total. The second-order valence-corrected chi connectivity index (χ2v) is 10.6. The first kappa shape index (κ1) is 22.4. The Hall–Kier alpha value is -2.37. The average molecular weight is 486 g/mol. The fourth-order valence-corrected chi connectivity index (χ4v) is 5.59. The largest absolute Gasteiger partial charge is 0.491 e. The highest BCUT2D eigenvalue weighted by Crippen LogP contribution is 2.26. The molecule has 0 spiro atoms. The van der Waals surface area contributed by atoms with E-state index in [1.165, 1.54) is 0 Å². The number of hydrogen-bond acceptors (Lipinski definition) is 10. The van der Waals surface area contributed by atoms with Crippen LogP contribution in [0.5, 0.6) is 5.75 Å². The lowest BCUT2D eigenvalue weighted by Gasteiger charge is -2.40. The molecule has 0 saturated carbocycles. The quantitative estimate of drug-likeness (QED) is 0.405. The first-order valence-electron chi connectivity index (χ1n) is 11.0. The van der Waals surface area contributed by atoms with Crippen LogP contribution < -0.4 is 4.74 Å². The predicted molar refractivity (Wildman–Crippen MR) is 130 cm³/mol. The highest BCUT2D eigenvalue weighted by atomic mass is 32.1. The van der Waals surface area contributed by atoms with Gasteiger partial charge in [-0.2, -0.15) is 4.98 Å². The minimum absolute atomic E-state index is 0.259. The third kappa shape index (κ3) is 5.42. The summed E-state index contributed by atoms with van der Waals surface area (Å²) in [5, 5.41) is 17.7. The van der Waals surface area contributed by atoms with Crippen LogP contribution in [0.25, 0.3) is 20.9 Å². The molecule has 0 amide bonds. The third-order valence-corrected chi connectivity index (χ3v) is 7.59. The van der Waals surface area contributed by atoms with Gasteiger partial charge in [-0.1, -0.05) is 11.2 Å². The molecular weight excluding hydrogens is 458 g/mol. The Morgan fingerprint density at radius 3 is 3.00 bits per heavy atom. The zero-order valence-electron chi connectivity index (χ0n) is 18.7. The van der Waals surface area contributed by atoms with E-state index in [0.717, 1.165) is 45.5 Å². The Labute approximate surface area is 200 Å². The lowest BCUT2D eigenvalue weighted by atomic mass is 10.1. The molecular formula is C23H27N5O3S2. The summed E-state index contributed by atoms with van der Waals surface area (Å²) in [4.78, 5) is 14.7. The number of aliphatic hydroxyl groups excluding tert-OH is 1. The second kappa shape index (κ2) is 9.86. The molecule has 4 heterocycles. The van der Waals surface area contributed by atoms with Crippen LogP contribution in [0.3, 0.4) is 0 Å². The second-order valence-electron chi connectivity index (χ2n) is 8.40. The Bertz CT molecular complexity index is 1190. The number of aryl methyl sites for hydroxylation is 1. The van der Waals surface area contributed by atoms with Gasteiger partial charge in [-0.25, -0.2) is 4.98 Å². The summed E-state index contributed by atoms with van der Waals surface area (Å²) in [6.45, 7) is 8.29. The molecule has 1 aliphatic rings. The van der Waals surface area contributed by atoms with E-state index in [-0.39, 0.29) is 6.61 Å². The molecule has 0 unspecified atom stereocenters. The summed E-state index contributed by atoms with van der Waals surface area (Å²) < 4.78 is 12.4. The number of ether oxygens (including phenoxy) is 1. The number of aromatic nitrogens is 3. The maximum Gasteiger partial charge on any atom is 0.241 e. The number of thiazole rings is 1. The van der Waals surface area contributed by atoms with Crippen molar-refractivity contribution in [2.75, 3.05) is 32.8 Å². The van der Waals surface area contributed by atoms with Crippen LogP contribution in [-0.2, 0) is 6.54 Å². The number of rotatable bonds is 8. The van der Waals surface area contributed by atoms with Gasteiger partial charge in [0.05, 0.1) is 26.6 Å². The minimum Gasteiger partial charge on any atom is -0.491 e. The predicted octanol–water partition coefficient (Wildman–Crippen LogP) is 3.66. The van der Waals surface area contributed by atoms with Gasteiger partial charge in [-0.3, -0.25) is 9.80 Å². The average Bonchev–Trinajstić information content (AvgIpc) is 3.54. The minimum atomic E-state index is -0.559. The Morgan fingerprint density at radius 1 is 1.27 bits per heavy atom. The molecule has 174 valence electrons. The smallest absolute Gasteiger partial charge is 0.241 e. The molecule has 0 radical (unpaired) electrons. The van der Waals surface area contributed by atoms with E-state index in [1.54, 1.807) is 22.7 Å². The van der Waals surface area contributed by atoms with E-state index >= 15 is 0 Å². The Kier molecular flexibility index (Phi) is 6.70. The van der Waals surface area contributed by atoms with E-state index in [0.29, 0.717) is 30.8 Å². The molecule has 3 aromatic heterocycles. The zero-order chi connectivity index (χ0) is 22.8. The van der Waals surface area contributed by atoms with E-state index in [4.69, 9.17) is 9.26 Å². The molecule has 1 aromatic carbocycles. The van der Waals surface area contributed by atoms with Crippen LogP contribution in [0.2, 0.25) is 0 Å². The molecule has 0 aliphatic carbocycles. The number of nitrogens with zero attached hydrogens (tertiary/aromatic N) is 5. The number of hydrogen-bond donors (Lipinski definition) is 1. The number of benzene rings is 1. The molecule has 5 rings (SSSR count). The highest BCUT2D eigenvalue weighted by molar-refractivity contribution is 7.18. The topological polar surface area (TPSA) is 87.8 Å². The molecule has 1 aliphatic heterocycles. The van der Waals surface area contributed by atoms with Gasteiger partial charge in [0, 0.05) is 38.3 Å². The van der Waals surface area contributed by atoms with Crippen molar-refractivity contribution in [1.29, 1.82) is 0 Å². The van der Waals surface area contributed by atoms with Crippen LogP contribution in [-0.4, -0.2) is 75.0 Å². The highest BCUT2D eigenvalue weighted by Gasteiger charge is 2.26. The number of β-amino-alcohol motifs (C(OH)–C–C–N with tert-alkyl or cyclic N) is 1. The van der Waals surface area contributed by atoms with Gasteiger partial charge in [-0.15, -0.1) is 22.7 Å². The van der Waals surface area contributed by atoms with Gasteiger partial charge in [0.1, 0.15) is 18.5 Å². The maximum absolute atomic E-state index is 10.6. The van der Waals surface area contributed by atoms with E-state index < -0.39 is 6.10 Å². The van der Waals surface area contributed by atoms with Crippen LogP contribution in [0.15, 0.2) is 40.2 Å². The molecule has 8 nitrogen and oxygen atoms in total. The zero-order valence-corrected chi connectivity index (χ0v) is 20.3. The third-order valence-electron chi connectivity index (χ3n) is 5.77. The number of fused-ring (bicyclic) bond motifs is 1. The van der Waals surface area contributed by atoms with Gasteiger partial charge in [0.15, 0.2) is 0 Å². The molecule has 10 heteroatoms. The van der Waals surface area contributed by atoms with Crippen LogP contribution >= 0.6 is 22.7 Å². The van der Waals surface area contributed by atoms with Crippen molar-refractivity contribution in [3.8, 4) is 16.5 Å². The van der Waals surface area contributed by atoms with Crippen molar-refractivity contribution in [3.05, 3.63) is 46.6 Å². The maximum atomic E-state index is 10.6. The fraction of sp³-hybridized carbons (Fsp3) is 0.435. The summed E-state index contributed by atoms with van der Waals surface area (Å²) in [5.41, 5.74) is 0.943. The van der Waals surface area contributed by atoms with Crippen molar-refractivity contribution in [2.45, 2.75) is 32.5 Å². The van der Waals surface area contributed by atoms with Crippen LogP contribution in [0, 0.1) is 6.92 Å². The number of thiophene rings is 1. The van der Waals surface area contributed by atoms with E-state index in [1.807, 2.05) is 42.6 Å².